The number of amidine groups is 1. The van der Waals surface area contributed by atoms with Crippen LogP contribution < -0.4 is 0 Å². The van der Waals surface area contributed by atoms with Crippen molar-refractivity contribution in [3.8, 4) is 0 Å². The predicted molar refractivity (Wildman–Crippen MR) is 93.7 cm³/mol. The third kappa shape index (κ3) is 2.28. The molecule has 0 spiro atoms. The van der Waals surface area contributed by atoms with Gasteiger partial charge in [0, 0.05) is 18.7 Å². The molecule has 2 heterocycles. The Morgan fingerprint density at radius 1 is 1.19 bits per heavy atom. The molecule has 0 aliphatic carbocycles. The molecule has 0 aromatic heterocycles. The lowest BCUT2D eigenvalue weighted by atomic mass is 9.82. The van der Waals surface area contributed by atoms with Crippen LogP contribution in [0.4, 0.5) is 0 Å². The molecule has 2 aliphatic heterocycles. The number of aliphatic imine (C=N–C) groups is 1. The zero-order chi connectivity index (χ0) is 18.9. The third-order valence-electron chi connectivity index (χ3n) is 4.71. The van der Waals surface area contributed by atoms with Crippen molar-refractivity contribution >= 4 is 23.6 Å². The van der Waals surface area contributed by atoms with Crippen LogP contribution in [0.25, 0.3) is 0 Å². The van der Waals surface area contributed by atoms with E-state index >= 15 is 0 Å². The maximum absolute atomic E-state index is 13.1. The van der Waals surface area contributed by atoms with Crippen LogP contribution in [0.15, 0.2) is 40.5 Å². The molecule has 0 unspecified atom stereocenters. The number of carbonyl (C=O) groups excluding carboxylic acids is 2. The Bertz CT molecular complexity index is 787. The normalized spacial score (nSPS) is 26.2. The van der Waals surface area contributed by atoms with Gasteiger partial charge in [-0.1, -0.05) is 23.4 Å². The summed E-state index contributed by atoms with van der Waals surface area (Å²) in [6.07, 6.45) is 0. The van der Waals surface area contributed by atoms with E-state index in [4.69, 9.17) is 14.3 Å². The summed E-state index contributed by atoms with van der Waals surface area (Å²) in [5.74, 6) is -1.04. The molecule has 2 atom stereocenters. The van der Waals surface area contributed by atoms with Crippen LogP contribution in [0.1, 0.15) is 26.3 Å². The minimum Gasteiger partial charge on any atom is -0.466 e. The number of carbonyl (C=O) groups is 2. The highest BCUT2D eigenvalue weighted by molar-refractivity contribution is 6.24. The highest BCUT2D eigenvalue weighted by Crippen LogP contribution is 2.43. The number of fused-ring (bicyclic) bond motifs is 1. The number of oxime groups is 1. The SMILES string of the molecule is CCN(CC)C(=O)[C@@]1(C)ON=C2N=C(c3ccccc3)O[C@@]21C(=O)OC. The first kappa shape index (κ1) is 17.9. The number of nitrogens with zero attached hydrogens (tertiary/aromatic N) is 3. The van der Waals surface area contributed by atoms with Crippen LogP contribution in [0.2, 0.25) is 0 Å². The van der Waals surface area contributed by atoms with Gasteiger partial charge in [0.2, 0.25) is 11.7 Å². The zero-order valence-electron chi connectivity index (χ0n) is 15.2. The molecule has 8 heteroatoms. The van der Waals surface area contributed by atoms with Crippen LogP contribution in [-0.4, -0.2) is 59.9 Å². The summed E-state index contributed by atoms with van der Waals surface area (Å²) in [6, 6.07) is 9.06. The first-order valence-corrected chi connectivity index (χ1v) is 8.42. The molecular formula is C18H21N3O5. The number of rotatable bonds is 5. The first-order chi connectivity index (χ1) is 12.4. The summed E-state index contributed by atoms with van der Waals surface area (Å²) in [5.41, 5.74) is -2.95. The molecule has 0 fully saturated rings. The Balaban J connectivity index is 2.07. The summed E-state index contributed by atoms with van der Waals surface area (Å²) >= 11 is 0. The molecule has 0 radical (unpaired) electrons. The van der Waals surface area contributed by atoms with Gasteiger partial charge in [-0.3, -0.25) is 4.79 Å². The van der Waals surface area contributed by atoms with Crippen molar-refractivity contribution in [1.29, 1.82) is 0 Å². The molecule has 26 heavy (non-hydrogen) atoms. The molecule has 138 valence electrons. The van der Waals surface area contributed by atoms with Crippen LogP contribution in [-0.2, 0) is 23.9 Å². The van der Waals surface area contributed by atoms with Gasteiger partial charge in [0.1, 0.15) is 0 Å². The number of likely N-dealkylation sites (N-methyl/N-ethyl adjacent to an activating group) is 1. The first-order valence-electron chi connectivity index (χ1n) is 8.42. The van der Waals surface area contributed by atoms with Gasteiger partial charge in [-0.05, 0) is 32.9 Å². The number of esters is 1. The Labute approximate surface area is 151 Å². The third-order valence-corrected chi connectivity index (χ3v) is 4.71. The smallest absolute Gasteiger partial charge is 0.363 e. The van der Waals surface area contributed by atoms with Crippen molar-refractivity contribution in [1.82, 2.24) is 4.90 Å². The van der Waals surface area contributed by atoms with Crippen LogP contribution >= 0.6 is 0 Å². The number of hydrogen-bond donors (Lipinski definition) is 0. The van der Waals surface area contributed by atoms with Gasteiger partial charge in [-0.25, -0.2) is 4.79 Å². The van der Waals surface area contributed by atoms with Crippen molar-refractivity contribution in [2.75, 3.05) is 20.2 Å². The van der Waals surface area contributed by atoms with Crippen LogP contribution in [0, 0.1) is 0 Å². The summed E-state index contributed by atoms with van der Waals surface area (Å²) in [6.45, 7) is 6.06. The summed E-state index contributed by atoms with van der Waals surface area (Å²) in [5, 5.41) is 3.90. The standard InChI is InChI=1S/C18H21N3O5/c1-5-21(6-2)15(22)17(3)18(16(23)24-4)14(20-26-17)19-13(25-18)12-10-8-7-9-11-12/h7-11H,5-6H2,1-4H3/t17-,18-/m1/s1. The van der Waals surface area contributed by atoms with Crippen molar-refractivity contribution in [2.24, 2.45) is 10.1 Å². The Hall–Kier alpha value is -2.90. The molecular weight excluding hydrogens is 338 g/mol. The fourth-order valence-electron chi connectivity index (χ4n) is 3.16. The average Bonchev–Trinajstić information content (AvgIpc) is 3.20. The van der Waals surface area contributed by atoms with Crippen molar-refractivity contribution < 1.29 is 23.9 Å². The molecule has 0 N–H and O–H groups in total. The fourth-order valence-corrected chi connectivity index (χ4v) is 3.16. The van der Waals surface area contributed by atoms with Gasteiger partial charge < -0.3 is 19.2 Å². The van der Waals surface area contributed by atoms with Crippen LogP contribution in [0.3, 0.4) is 0 Å². The van der Waals surface area contributed by atoms with E-state index in [1.807, 2.05) is 32.0 Å². The average molecular weight is 359 g/mol. The molecule has 1 amide bonds. The molecule has 3 rings (SSSR count). The highest BCUT2D eigenvalue weighted by Gasteiger charge is 2.74. The van der Waals surface area contributed by atoms with E-state index in [1.54, 1.807) is 17.0 Å². The van der Waals surface area contributed by atoms with Crippen molar-refractivity contribution in [2.45, 2.75) is 32.0 Å². The number of hydrogen-bond acceptors (Lipinski definition) is 7. The second-order valence-corrected chi connectivity index (χ2v) is 6.07. The topological polar surface area (TPSA) is 89.8 Å². The highest BCUT2D eigenvalue weighted by atomic mass is 16.7. The lowest BCUT2D eigenvalue weighted by Gasteiger charge is -2.36. The molecule has 2 aliphatic rings. The van der Waals surface area contributed by atoms with E-state index in [0.717, 1.165) is 0 Å². The van der Waals surface area contributed by atoms with E-state index in [9.17, 15) is 9.59 Å². The number of methoxy groups -OCH3 is 1. The number of amides is 1. The van der Waals surface area contributed by atoms with E-state index < -0.39 is 23.1 Å². The van der Waals surface area contributed by atoms with Gasteiger partial charge in [-0.15, -0.1) is 0 Å². The molecule has 0 saturated carbocycles. The zero-order valence-corrected chi connectivity index (χ0v) is 15.2. The second-order valence-electron chi connectivity index (χ2n) is 6.07. The lowest BCUT2D eigenvalue weighted by molar-refractivity contribution is -0.186. The van der Waals surface area contributed by atoms with Gasteiger partial charge in [0.05, 0.1) is 7.11 Å². The van der Waals surface area contributed by atoms with Gasteiger partial charge in [-0.2, -0.15) is 4.99 Å². The molecule has 8 nitrogen and oxygen atoms in total. The monoisotopic (exact) mass is 359 g/mol. The molecule has 0 saturated heterocycles. The van der Waals surface area contributed by atoms with E-state index in [0.29, 0.717) is 18.7 Å². The van der Waals surface area contributed by atoms with E-state index in [2.05, 4.69) is 10.1 Å². The summed E-state index contributed by atoms with van der Waals surface area (Å²) < 4.78 is 10.9. The minimum absolute atomic E-state index is 0.0220. The Kier molecular flexibility index (Phi) is 4.43. The summed E-state index contributed by atoms with van der Waals surface area (Å²) in [4.78, 5) is 37.2. The molecule has 1 aromatic carbocycles. The second kappa shape index (κ2) is 6.44. The van der Waals surface area contributed by atoms with E-state index in [-0.39, 0.29) is 11.7 Å². The summed E-state index contributed by atoms with van der Waals surface area (Å²) in [7, 11) is 1.22. The molecule has 1 aromatic rings. The predicted octanol–water partition coefficient (Wildman–Crippen LogP) is 1.35. The van der Waals surface area contributed by atoms with Gasteiger partial charge in [0.25, 0.3) is 11.5 Å². The Morgan fingerprint density at radius 2 is 1.85 bits per heavy atom. The lowest BCUT2D eigenvalue weighted by Crippen LogP contribution is -2.67. The van der Waals surface area contributed by atoms with Gasteiger partial charge in [0.15, 0.2) is 0 Å². The largest absolute Gasteiger partial charge is 0.466 e. The number of ether oxygens (including phenoxy) is 2. The maximum Gasteiger partial charge on any atom is 0.363 e. The van der Waals surface area contributed by atoms with Gasteiger partial charge >= 0.3 is 11.6 Å². The maximum atomic E-state index is 13.1. The Morgan fingerprint density at radius 3 is 2.42 bits per heavy atom. The molecule has 0 bridgehead atoms. The van der Waals surface area contributed by atoms with Crippen molar-refractivity contribution in [3.63, 3.8) is 0 Å². The van der Waals surface area contributed by atoms with E-state index in [1.165, 1.54) is 14.0 Å². The van der Waals surface area contributed by atoms with Crippen molar-refractivity contribution in [3.05, 3.63) is 35.9 Å². The fraction of sp³-hybridized carbons (Fsp3) is 0.444. The minimum atomic E-state index is -1.88. The quantitative estimate of drug-likeness (QED) is 0.740. The number of benzene rings is 1. The van der Waals surface area contributed by atoms with Crippen LogP contribution in [0.5, 0.6) is 0 Å².